The van der Waals surface area contributed by atoms with Gasteiger partial charge in [0, 0.05) is 17.8 Å². The first-order valence-electron chi connectivity index (χ1n) is 6.10. The summed E-state index contributed by atoms with van der Waals surface area (Å²) in [5, 5.41) is 2.47. The number of methoxy groups -OCH3 is 1. The van der Waals surface area contributed by atoms with Crippen LogP contribution in [0.15, 0.2) is 42.5 Å². The third kappa shape index (κ3) is 4.17. The van der Waals surface area contributed by atoms with Gasteiger partial charge in [0.1, 0.15) is 11.6 Å². The average Bonchev–Trinajstić information content (AvgIpc) is 2.45. The fourth-order valence-electron chi connectivity index (χ4n) is 1.65. The number of amides is 1. The number of carbonyl (C=O) groups is 1. The number of hydrogen-bond acceptors (Lipinski definition) is 3. The summed E-state index contributed by atoms with van der Waals surface area (Å²) in [5.41, 5.74) is 0.279. The van der Waals surface area contributed by atoms with Crippen LogP contribution < -0.4 is 14.8 Å². The van der Waals surface area contributed by atoms with Crippen LogP contribution >= 0.6 is 0 Å². The molecule has 0 aliphatic rings. The highest BCUT2D eigenvalue weighted by Gasteiger charge is 2.07. The van der Waals surface area contributed by atoms with Gasteiger partial charge in [-0.15, -0.1) is 0 Å². The minimum Gasteiger partial charge on any atom is -0.494 e. The normalized spacial score (nSPS) is 10.0. The first kappa shape index (κ1) is 14.8. The van der Waals surface area contributed by atoms with Gasteiger partial charge in [0.15, 0.2) is 18.2 Å². The molecule has 0 aliphatic heterocycles. The summed E-state index contributed by atoms with van der Waals surface area (Å²) in [7, 11) is 1.35. The zero-order valence-electron chi connectivity index (χ0n) is 11.2. The molecule has 0 bridgehead atoms. The van der Waals surface area contributed by atoms with E-state index in [1.54, 1.807) is 0 Å². The van der Waals surface area contributed by atoms with Crippen LogP contribution in [-0.4, -0.2) is 19.6 Å². The van der Waals surface area contributed by atoms with E-state index in [1.165, 1.54) is 43.5 Å². The molecule has 0 atom stereocenters. The van der Waals surface area contributed by atoms with E-state index in [2.05, 4.69) is 5.32 Å². The molecule has 1 N–H and O–H groups in total. The summed E-state index contributed by atoms with van der Waals surface area (Å²) in [5.74, 6) is -1.19. The van der Waals surface area contributed by atoms with Crippen LogP contribution in [0.25, 0.3) is 0 Å². The quantitative estimate of drug-likeness (QED) is 0.922. The summed E-state index contributed by atoms with van der Waals surface area (Å²) >= 11 is 0. The maximum absolute atomic E-state index is 13.4. The highest BCUT2D eigenvalue weighted by molar-refractivity contribution is 5.91. The van der Waals surface area contributed by atoms with Crippen molar-refractivity contribution >= 4 is 11.6 Å². The van der Waals surface area contributed by atoms with Gasteiger partial charge in [0.2, 0.25) is 0 Å². The van der Waals surface area contributed by atoms with E-state index in [-0.39, 0.29) is 23.8 Å². The molecule has 21 heavy (non-hydrogen) atoms. The second-order valence-corrected chi connectivity index (χ2v) is 4.14. The fraction of sp³-hybridized carbons (Fsp3) is 0.133. The van der Waals surface area contributed by atoms with Crippen LogP contribution in [0.4, 0.5) is 14.5 Å². The van der Waals surface area contributed by atoms with E-state index in [0.29, 0.717) is 0 Å². The van der Waals surface area contributed by atoms with Crippen molar-refractivity contribution in [3.05, 3.63) is 54.1 Å². The van der Waals surface area contributed by atoms with Gasteiger partial charge < -0.3 is 14.8 Å². The molecule has 0 saturated carbocycles. The molecule has 0 unspecified atom stereocenters. The van der Waals surface area contributed by atoms with Crippen molar-refractivity contribution in [1.82, 2.24) is 0 Å². The molecule has 2 aromatic rings. The monoisotopic (exact) mass is 293 g/mol. The van der Waals surface area contributed by atoms with E-state index in [9.17, 15) is 13.6 Å². The molecule has 4 nitrogen and oxygen atoms in total. The maximum Gasteiger partial charge on any atom is 0.262 e. The number of benzene rings is 2. The Kier molecular flexibility index (Phi) is 4.71. The molecule has 110 valence electrons. The Morgan fingerprint density at radius 1 is 1.19 bits per heavy atom. The Morgan fingerprint density at radius 2 is 2.00 bits per heavy atom. The van der Waals surface area contributed by atoms with E-state index in [1.807, 2.05) is 0 Å². The van der Waals surface area contributed by atoms with Gasteiger partial charge in [-0.1, -0.05) is 6.07 Å². The van der Waals surface area contributed by atoms with Crippen molar-refractivity contribution in [1.29, 1.82) is 0 Å². The van der Waals surface area contributed by atoms with E-state index >= 15 is 0 Å². The van der Waals surface area contributed by atoms with Gasteiger partial charge in [0.25, 0.3) is 5.91 Å². The molecule has 0 radical (unpaired) electrons. The van der Waals surface area contributed by atoms with Crippen molar-refractivity contribution in [2.75, 3.05) is 19.0 Å². The summed E-state index contributed by atoms with van der Waals surface area (Å²) in [4.78, 5) is 11.7. The van der Waals surface area contributed by atoms with Gasteiger partial charge >= 0.3 is 0 Å². The minimum absolute atomic E-state index is 0.0870. The first-order chi connectivity index (χ1) is 10.1. The first-order valence-corrected chi connectivity index (χ1v) is 6.10. The molecule has 0 aliphatic carbocycles. The summed E-state index contributed by atoms with van der Waals surface area (Å²) < 4.78 is 36.3. The molecule has 0 aromatic heterocycles. The van der Waals surface area contributed by atoms with Crippen LogP contribution in [0.2, 0.25) is 0 Å². The van der Waals surface area contributed by atoms with Crippen LogP contribution in [0, 0.1) is 11.6 Å². The molecule has 2 rings (SSSR count). The largest absolute Gasteiger partial charge is 0.494 e. The number of nitrogens with one attached hydrogen (secondary N) is 1. The lowest BCUT2D eigenvalue weighted by atomic mass is 10.3. The number of halogens is 2. The van der Waals surface area contributed by atoms with E-state index in [0.717, 1.165) is 6.07 Å². The van der Waals surface area contributed by atoms with Crippen molar-refractivity contribution < 1.29 is 23.0 Å². The van der Waals surface area contributed by atoms with Gasteiger partial charge in [-0.2, -0.15) is 0 Å². The van der Waals surface area contributed by atoms with Crippen LogP contribution in [0.5, 0.6) is 11.5 Å². The maximum atomic E-state index is 13.4. The number of carbonyl (C=O) groups excluding carboxylic acids is 1. The molecule has 0 heterocycles. The second-order valence-electron chi connectivity index (χ2n) is 4.14. The highest BCUT2D eigenvalue weighted by Crippen LogP contribution is 2.20. The van der Waals surface area contributed by atoms with Gasteiger partial charge in [-0.3, -0.25) is 4.79 Å². The Balaban J connectivity index is 1.91. The number of ether oxygens (including phenoxy) is 2. The molecule has 0 fully saturated rings. The predicted molar refractivity (Wildman–Crippen MR) is 73.5 cm³/mol. The predicted octanol–water partition coefficient (Wildman–Crippen LogP) is 2.99. The summed E-state index contributed by atoms with van der Waals surface area (Å²) in [6.07, 6.45) is 0. The molecule has 0 saturated heterocycles. The van der Waals surface area contributed by atoms with E-state index in [4.69, 9.17) is 9.47 Å². The van der Waals surface area contributed by atoms with Crippen LogP contribution in [-0.2, 0) is 4.79 Å². The molecule has 0 spiro atoms. The minimum atomic E-state index is -0.582. The topological polar surface area (TPSA) is 47.6 Å². The molecular weight excluding hydrogens is 280 g/mol. The van der Waals surface area contributed by atoms with Gasteiger partial charge in [-0.25, -0.2) is 8.78 Å². The molecular formula is C15H13F2NO3. The zero-order valence-corrected chi connectivity index (χ0v) is 11.2. The van der Waals surface area contributed by atoms with Crippen molar-refractivity contribution in [3.63, 3.8) is 0 Å². The number of rotatable bonds is 5. The lowest BCUT2D eigenvalue weighted by Gasteiger charge is -2.08. The average molecular weight is 293 g/mol. The van der Waals surface area contributed by atoms with Crippen LogP contribution in [0.1, 0.15) is 0 Å². The lowest BCUT2D eigenvalue weighted by molar-refractivity contribution is -0.118. The Bertz CT molecular complexity index is 647. The third-order valence-corrected chi connectivity index (χ3v) is 2.60. The number of hydrogen-bond donors (Lipinski definition) is 1. The highest BCUT2D eigenvalue weighted by atomic mass is 19.1. The molecule has 1 amide bonds. The standard InChI is InChI=1S/C15H13F2NO3/c1-20-14-6-5-11(8-13(14)17)18-15(19)9-21-12-4-2-3-10(16)7-12/h2-8H,9H2,1H3,(H,18,19). The SMILES string of the molecule is COc1ccc(NC(=O)COc2cccc(F)c2)cc1F. The van der Waals surface area contributed by atoms with Gasteiger partial charge in [0.05, 0.1) is 7.11 Å². The van der Waals surface area contributed by atoms with Crippen LogP contribution in [0.3, 0.4) is 0 Å². The summed E-state index contributed by atoms with van der Waals surface area (Å²) in [6, 6.07) is 9.48. The van der Waals surface area contributed by atoms with Crippen molar-refractivity contribution in [2.45, 2.75) is 0 Å². The molecule has 2 aromatic carbocycles. The lowest BCUT2D eigenvalue weighted by Crippen LogP contribution is -2.20. The smallest absolute Gasteiger partial charge is 0.262 e. The third-order valence-electron chi connectivity index (χ3n) is 2.60. The van der Waals surface area contributed by atoms with Gasteiger partial charge in [-0.05, 0) is 24.3 Å². The fourth-order valence-corrected chi connectivity index (χ4v) is 1.65. The van der Waals surface area contributed by atoms with Crippen molar-refractivity contribution in [2.24, 2.45) is 0 Å². The van der Waals surface area contributed by atoms with Crippen molar-refractivity contribution in [3.8, 4) is 11.5 Å². The zero-order chi connectivity index (χ0) is 15.2. The Labute approximate surface area is 120 Å². The Morgan fingerprint density at radius 3 is 2.67 bits per heavy atom. The summed E-state index contributed by atoms with van der Waals surface area (Å²) in [6.45, 7) is -0.308. The van der Waals surface area contributed by atoms with E-state index < -0.39 is 17.5 Å². The Hall–Kier alpha value is -2.63. The second kappa shape index (κ2) is 6.69. The molecule has 6 heteroatoms. The number of anilines is 1.